The highest BCUT2D eigenvalue weighted by atomic mass is 19.4. The summed E-state index contributed by atoms with van der Waals surface area (Å²) in [7, 11) is 0. The number of aromatic nitrogens is 1. The fraction of sp³-hybridized carbons (Fsp3) is 0.250. The Kier molecular flexibility index (Phi) is 7.05. The van der Waals surface area contributed by atoms with Gasteiger partial charge >= 0.3 is 12.4 Å². The van der Waals surface area contributed by atoms with Crippen LogP contribution in [0.25, 0.3) is 0 Å². The lowest BCUT2D eigenvalue weighted by atomic mass is 9.97. The van der Waals surface area contributed by atoms with Gasteiger partial charge in [0.1, 0.15) is 23.0 Å². The summed E-state index contributed by atoms with van der Waals surface area (Å²) in [4.78, 5) is 17.9. The van der Waals surface area contributed by atoms with Crippen molar-refractivity contribution in [3.63, 3.8) is 0 Å². The Hall–Kier alpha value is -3.95. The fourth-order valence-electron chi connectivity index (χ4n) is 3.37. The third-order valence-electron chi connectivity index (χ3n) is 5.05. The predicted octanol–water partition coefficient (Wildman–Crippen LogP) is 5.71. The van der Waals surface area contributed by atoms with Gasteiger partial charge in [-0.15, -0.1) is 13.2 Å². The zero-order valence-electron chi connectivity index (χ0n) is 18.0. The molecule has 1 aliphatic heterocycles. The lowest BCUT2D eigenvalue weighted by Crippen LogP contribution is -2.52. The number of pyridine rings is 1. The van der Waals surface area contributed by atoms with Crippen molar-refractivity contribution in [3.05, 3.63) is 73.1 Å². The van der Waals surface area contributed by atoms with Gasteiger partial charge in [0.05, 0.1) is 18.5 Å². The van der Waals surface area contributed by atoms with Gasteiger partial charge < -0.3 is 24.4 Å². The van der Waals surface area contributed by atoms with Crippen LogP contribution in [0.15, 0.2) is 73.1 Å². The van der Waals surface area contributed by atoms with E-state index in [0.717, 1.165) is 6.42 Å². The van der Waals surface area contributed by atoms with Crippen LogP contribution < -0.4 is 19.5 Å². The van der Waals surface area contributed by atoms with Gasteiger partial charge in [-0.2, -0.15) is 0 Å². The molecule has 0 atom stereocenters. The van der Waals surface area contributed by atoms with Gasteiger partial charge in [0.15, 0.2) is 0 Å². The first-order valence-corrected chi connectivity index (χ1v) is 10.6. The molecule has 2 aromatic carbocycles. The molecule has 0 saturated carbocycles. The minimum Gasteiger partial charge on any atom is -0.493 e. The van der Waals surface area contributed by atoms with Gasteiger partial charge in [0, 0.05) is 25.4 Å². The maximum atomic E-state index is 12.3. The van der Waals surface area contributed by atoms with E-state index in [0.29, 0.717) is 48.6 Å². The molecule has 1 saturated heterocycles. The number of hydrogen-bond donors (Lipinski definition) is 1. The van der Waals surface area contributed by atoms with Crippen LogP contribution in [-0.2, 0) is 0 Å². The topological polar surface area (TPSA) is 72.9 Å². The third kappa shape index (κ3) is 6.77. The van der Waals surface area contributed by atoms with Gasteiger partial charge in [-0.3, -0.25) is 4.98 Å². The molecule has 1 aliphatic rings. The van der Waals surface area contributed by atoms with E-state index in [1.807, 2.05) is 0 Å². The molecule has 1 aromatic heterocycles. The van der Waals surface area contributed by atoms with Crippen LogP contribution in [0.2, 0.25) is 0 Å². The van der Waals surface area contributed by atoms with Gasteiger partial charge in [0.25, 0.3) is 0 Å². The van der Waals surface area contributed by atoms with Crippen LogP contribution in [0.1, 0.15) is 6.42 Å². The fourth-order valence-corrected chi connectivity index (χ4v) is 3.37. The number of carbonyl (C=O) groups excluding carboxylic acids is 1. The monoisotopic (exact) mass is 473 g/mol. The number of anilines is 1. The second kappa shape index (κ2) is 10.3. The molecule has 7 nitrogen and oxygen atoms in total. The van der Waals surface area contributed by atoms with E-state index >= 15 is 0 Å². The number of benzene rings is 2. The van der Waals surface area contributed by atoms with E-state index in [2.05, 4.69) is 15.0 Å². The number of halogens is 3. The minimum atomic E-state index is -4.74. The maximum absolute atomic E-state index is 12.3. The van der Waals surface area contributed by atoms with Crippen molar-refractivity contribution < 1.29 is 32.2 Å². The van der Waals surface area contributed by atoms with Crippen molar-refractivity contribution in [1.29, 1.82) is 0 Å². The number of ether oxygens (including phenoxy) is 3. The zero-order chi connectivity index (χ0) is 24.0. The molecule has 34 heavy (non-hydrogen) atoms. The first-order valence-electron chi connectivity index (χ1n) is 10.6. The molecule has 0 radical (unpaired) electrons. The molecule has 0 bridgehead atoms. The van der Waals surface area contributed by atoms with Crippen LogP contribution in [0.5, 0.6) is 23.0 Å². The normalized spacial score (nSPS) is 13.7. The molecule has 0 spiro atoms. The van der Waals surface area contributed by atoms with Crippen LogP contribution in [0, 0.1) is 5.92 Å². The standard InChI is InChI=1S/C24H22F3N3O4/c25-24(26,27)34-20-8-6-19(7-9-20)33-22-5-1-4-21(13-22)32-12-10-17-15-30(16-17)23(31)29-18-3-2-11-28-14-18/h1-9,11,13-14,17H,10,12,15-16H2,(H,29,31). The number of amides is 2. The van der Waals surface area contributed by atoms with Crippen LogP contribution >= 0.6 is 0 Å². The molecule has 3 aromatic rings. The molecule has 178 valence electrons. The van der Waals surface area contributed by atoms with Crippen molar-refractivity contribution >= 4 is 11.7 Å². The number of likely N-dealkylation sites (tertiary alicyclic amines) is 1. The van der Waals surface area contributed by atoms with E-state index in [1.54, 1.807) is 53.7 Å². The number of nitrogens with zero attached hydrogens (tertiary/aromatic N) is 2. The van der Waals surface area contributed by atoms with Gasteiger partial charge in [-0.05, 0) is 60.9 Å². The van der Waals surface area contributed by atoms with Crippen molar-refractivity contribution in [2.45, 2.75) is 12.8 Å². The maximum Gasteiger partial charge on any atom is 0.573 e. The lowest BCUT2D eigenvalue weighted by molar-refractivity contribution is -0.274. The lowest BCUT2D eigenvalue weighted by Gasteiger charge is -2.39. The van der Waals surface area contributed by atoms with Crippen molar-refractivity contribution in [2.75, 3.05) is 25.0 Å². The number of hydrogen-bond acceptors (Lipinski definition) is 5. The number of alkyl halides is 3. The summed E-state index contributed by atoms with van der Waals surface area (Å²) >= 11 is 0. The molecular formula is C24H22F3N3O4. The zero-order valence-corrected chi connectivity index (χ0v) is 18.0. The summed E-state index contributed by atoms with van der Waals surface area (Å²) in [5, 5.41) is 2.81. The summed E-state index contributed by atoms with van der Waals surface area (Å²) < 4.78 is 52.1. The number of carbonyl (C=O) groups is 1. The summed E-state index contributed by atoms with van der Waals surface area (Å²) in [6.45, 7) is 1.80. The van der Waals surface area contributed by atoms with E-state index in [9.17, 15) is 18.0 Å². The first-order chi connectivity index (χ1) is 16.3. The Balaban J connectivity index is 1.18. The van der Waals surface area contributed by atoms with E-state index in [1.165, 1.54) is 24.3 Å². The third-order valence-corrected chi connectivity index (χ3v) is 5.05. The number of nitrogens with one attached hydrogen (secondary N) is 1. The Morgan fingerprint density at radius 3 is 2.44 bits per heavy atom. The van der Waals surface area contributed by atoms with Crippen LogP contribution in [0.3, 0.4) is 0 Å². The highest BCUT2D eigenvalue weighted by Gasteiger charge is 2.31. The quantitative estimate of drug-likeness (QED) is 0.454. The molecule has 0 unspecified atom stereocenters. The molecule has 10 heteroatoms. The Bertz CT molecular complexity index is 1090. The highest BCUT2D eigenvalue weighted by Crippen LogP contribution is 2.29. The molecule has 1 N–H and O–H groups in total. The van der Waals surface area contributed by atoms with Crippen molar-refractivity contribution in [3.8, 4) is 23.0 Å². The van der Waals surface area contributed by atoms with E-state index < -0.39 is 6.36 Å². The SMILES string of the molecule is O=C(Nc1cccnc1)N1CC(CCOc2cccc(Oc3ccc(OC(F)(F)F)cc3)c2)C1. The molecule has 2 amide bonds. The second-order valence-corrected chi connectivity index (χ2v) is 7.68. The molecule has 1 fully saturated rings. The minimum absolute atomic E-state index is 0.145. The largest absolute Gasteiger partial charge is 0.573 e. The molecular weight excluding hydrogens is 451 g/mol. The van der Waals surface area contributed by atoms with Crippen LogP contribution in [-0.4, -0.2) is 42.0 Å². The predicted molar refractivity (Wildman–Crippen MR) is 118 cm³/mol. The van der Waals surface area contributed by atoms with Crippen LogP contribution in [0.4, 0.5) is 23.7 Å². The Labute approximate surface area is 194 Å². The number of urea groups is 1. The molecule has 2 heterocycles. The Morgan fingerprint density at radius 1 is 1.00 bits per heavy atom. The van der Waals surface area contributed by atoms with Gasteiger partial charge in [-0.1, -0.05) is 6.07 Å². The van der Waals surface area contributed by atoms with Crippen molar-refractivity contribution in [1.82, 2.24) is 9.88 Å². The summed E-state index contributed by atoms with van der Waals surface area (Å²) in [6.07, 6.45) is -0.704. The average molecular weight is 473 g/mol. The van der Waals surface area contributed by atoms with E-state index in [-0.39, 0.29) is 11.8 Å². The first kappa shape index (κ1) is 23.2. The molecule has 4 rings (SSSR count). The summed E-state index contributed by atoms with van der Waals surface area (Å²) in [6, 6.07) is 15.5. The average Bonchev–Trinajstić information content (AvgIpc) is 2.76. The Morgan fingerprint density at radius 2 is 1.74 bits per heavy atom. The van der Waals surface area contributed by atoms with E-state index in [4.69, 9.17) is 9.47 Å². The summed E-state index contributed by atoms with van der Waals surface area (Å²) in [5.74, 6) is 1.51. The second-order valence-electron chi connectivity index (χ2n) is 7.68. The summed E-state index contributed by atoms with van der Waals surface area (Å²) in [5.41, 5.74) is 0.659. The number of rotatable bonds is 8. The van der Waals surface area contributed by atoms with Gasteiger partial charge in [-0.25, -0.2) is 4.79 Å². The highest BCUT2D eigenvalue weighted by molar-refractivity contribution is 5.89. The van der Waals surface area contributed by atoms with Gasteiger partial charge in [0.2, 0.25) is 0 Å². The molecule has 0 aliphatic carbocycles. The smallest absolute Gasteiger partial charge is 0.493 e. The van der Waals surface area contributed by atoms with Crippen molar-refractivity contribution in [2.24, 2.45) is 5.92 Å².